The predicted octanol–water partition coefficient (Wildman–Crippen LogP) is 1.97. The molecule has 0 aliphatic heterocycles. The first-order valence-corrected chi connectivity index (χ1v) is 5.58. The molecule has 6 heteroatoms. The Kier molecular flexibility index (Phi) is 2.21. The van der Waals surface area contributed by atoms with E-state index in [1.54, 1.807) is 17.1 Å². The largest absolute Gasteiger partial charge is 0.342 e. The van der Waals surface area contributed by atoms with Crippen molar-refractivity contribution in [3.05, 3.63) is 40.9 Å². The summed E-state index contributed by atoms with van der Waals surface area (Å²) in [6, 6.07) is 3.99. The van der Waals surface area contributed by atoms with Crippen molar-refractivity contribution in [1.29, 1.82) is 0 Å². The molecule has 0 amide bonds. The number of rotatable bonds is 2. The Morgan fingerprint density at radius 1 is 1.38 bits per heavy atom. The summed E-state index contributed by atoms with van der Waals surface area (Å²) in [7, 11) is 0. The summed E-state index contributed by atoms with van der Waals surface area (Å²) < 4.78 is 2.80. The third kappa shape index (κ3) is 1.61. The summed E-state index contributed by atoms with van der Waals surface area (Å²) >= 11 is 3.49. The van der Waals surface area contributed by atoms with Crippen LogP contribution in [0.2, 0.25) is 0 Å². The highest BCUT2D eigenvalue weighted by Crippen LogP contribution is 2.22. The van der Waals surface area contributed by atoms with E-state index < -0.39 is 0 Å². The number of hydrogen-bond acceptors (Lipinski definition) is 3. The highest BCUT2D eigenvalue weighted by Gasteiger charge is 2.05. The number of nitrogens with zero attached hydrogens (tertiary/aromatic N) is 4. The first-order valence-electron chi connectivity index (χ1n) is 4.79. The molecule has 0 spiro atoms. The summed E-state index contributed by atoms with van der Waals surface area (Å²) in [4.78, 5) is 7.51. The van der Waals surface area contributed by atoms with Gasteiger partial charge >= 0.3 is 0 Å². The van der Waals surface area contributed by atoms with Gasteiger partial charge in [-0.15, -0.1) is 5.10 Å². The Morgan fingerprint density at radius 2 is 2.31 bits per heavy atom. The van der Waals surface area contributed by atoms with Crippen molar-refractivity contribution in [1.82, 2.24) is 25.0 Å². The van der Waals surface area contributed by atoms with Crippen molar-refractivity contribution < 1.29 is 0 Å². The SMILES string of the molecule is Brc1ccnc2[nH]c(Cn3ccnn3)cc12. The molecule has 0 bridgehead atoms. The van der Waals surface area contributed by atoms with E-state index in [9.17, 15) is 0 Å². The molecule has 1 N–H and O–H groups in total. The molecule has 16 heavy (non-hydrogen) atoms. The molecular weight excluding hydrogens is 270 g/mol. The summed E-state index contributed by atoms with van der Waals surface area (Å²) in [5.41, 5.74) is 1.93. The van der Waals surface area contributed by atoms with Crippen LogP contribution >= 0.6 is 15.9 Å². The lowest BCUT2D eigenvalue weighted by atomic mass is 10.3. The molecule has 0 aromatic carbocycles. The minimum atomic E-state index is 0.669. The Bertz CT molecular complexity index is 613. The molecule has 0 unspecified atom stereocenters. The molecule has 0 fully saturated rings. The predicted molar refractivity (Wildman–Crippen MR) is 62.9 cm³/mol. The second-order valence-corrected chi connectivity index (χ2v) is 4.30. The quantitative estimate of drug-likeness (QED) is 0.779. The summed E-state index contributed by atoms with van der Waals surface area (Å²) in [5.74, 6) is 0. The number of halogens is 1. The first kappa shape index (κ1) is 9.53. The Labute approximate surface area is 99.6 Å². The second-order valence-electron chi connectivity index (χ2n) is 3.45. The van der Waals surface area contributed by atoms with Gasteiger partial charge in [-0.1, -0.05) is 5.21 Å². The fraction of sp³-hybridized carbons (Fsp3) is 0.100. The van der Waals surface area contributed by atoms with Crippen LogP contribution in [-0.4, -0.2) is 25.0 Å². The Hall–Kier alpha value is -1.69. The minimum absolute atomic E-state index is 0.669. The molecule has 3 aromatic heterocycles. The van der Waals surface area contributed by atoms with Crippen LogP contribution in [0.25, 0.3) is 11.0 Å². The molecule has 0 saturated heterocycles. The number of nitrogens with one attached hydrogen (secondary N) is 1. The van der Waals surface area contributed by atoms with Gasteiger partial charge < -0.3 is 4.98 Å². The van der Waals surface area contributed by atoms with Crippen molar-refractivity contribution in [3.8, 4) is 0 Å². The van der Waals surface area contributed by atoms with Crippen molar-refractivity contribution in [2.75, 3.05) is 0 Å². The lowest BCUT2D eigenvalue weighted by molar-refractivity contribution is 0.641. The number of pyridine rings is 1. The van der Waals surface area contributed by atoms with Crippen LogP contribution in [0, 0.1) is 0 Å². The average molecular weight is 278 g/mol. The monoisotopic (exact) mass is 277 g/mol. The van der Waals surface area contributed by atoms with Gasteiger partial charge in [0.05, 0.1) is 12.7 Å². The van der Waals surface area contributed by atoms with Gasteiger partial charge in [0.2, 0.25) is 0 Å². The topological polar surface area (TPSA) is 59.4 Å². The number of aromatic amines is 1. The third-order valence-electron chi connectivity index (χ3n) is 2.34. The number of H-pyrrole nitrogens is 1. The highest BCUT2D eigenvalue weighted by molar-refractivity contribution is 9.10. The van der Waals surface area contributed by atoms with E-state index >= 15 is 0 Å². The zero-order valence-corrected chi connectivity index (χ0v) is 9.85. The van der Waals surface area contributed by atoms with Gasteiger partial charge in [0.1, 0.15) is 5.65 Å². The molecule has 0 aliphatic rings. The smallest absolute Gasteiger partial charge is 0.138 e. The van der Waals surface area contributed by atoms with E-state index in [0.29, 0.717) is 6.54 Å². The first-order chi connectivity index (χ1) is 7.83. The van der Waals surface area contributed by atoms with Gasteiger partial charge in [0.15, 0.2) is 0 Å². The van der Waals surface area contributed by atoms with Gasteiger partial charge in [-0.05, 0) is 28.1 Å². The number of hydrogen-bond donors (Lipinski definition) is 1. The maximum Gasteiger partial charge on any atom is 0.138 e. The van der Waals surface area contributed by atoms with Crippen LogP contribution in [0.3, 0.4) is 0 Å². The zero-order chi connectivity index (χ0) is 11.0. The van der Waals surface area contributed by atoms with E-state index in [-0.39, 0.29) is 0 Å². The fourth-order valence-electron chi connectivity index (χ4n) is 1.63. The highest BCUT2D eigenvalue weighted by atomic mass is 79.9. The van der Waals surface area contributed by atoms with Gasteiger partial charge in [-0.2, -0.15) is 0 Å². The van der Waals surface area contributed by atoms with Crippen molar-refractivity contribution >= 4 is 27.0 Å². The van der Waals surface area contributed by atoms with E-state index in [0.717, 1.165) is 21.2 Å². The Morgan fingerprint density at radius 3 is 3.06 bits per heavy atom. The normalized spacial score (nSPS) is 11.1. The molecule has 0 radical (unpaired) electrons. The van der Waals surface area contributed by atoms with Crippen LogP contribution < -0.4 is 0 Å². The molecule has 5 nitrogen and oxygen atoms in total. The minimum Gasteiger partial charge on any atom is -0.342 e. The second kappa shape index (κ2) is 3.71. The van der Waals surface area contributed by atoms with E-state index in [4.69, 9.17) is 0 Å². The van der Waals surface area contributed by atoms with E-state index in [2.05, 4.69) is 42.3 Å². The van der Waals surface area contributed by atoms with Crippen molar-refractivity contribution in [2.24, 2.45) is 0 Å². The van der Waals surface area contributed by atoms with Crippen LogP contribution in [0.4, 0.5) is 0 Å². The van der Waals surface area contributed by atoms with E-state index in [1.165, 1.54) is 0 Å². The lowest BCUT2D eigenvalue weighted by Crippen LogP contribution is -2.00. The number of fused-ring (bicyclic) bond motifs is 1. The van der Waals surface area contributed by atoms with Crippen LogP contribution in [0.1, 0.15) is 5.69 Å². The van der Waals surface area contributed by atoms with Gasteiger partial charge in [-0.3, -0.25) is 0 Å². The molecule has 0 atom stereocenters. The van der Waals surface area contributed by atoms with Crippen molar-refractivity contribution in [2.45, 2.75) is 6.54 Å². The van der Waals surface area contributed by atoms with Crippen molar-refractivity contribution in [3.63, 3.8) is 0 Å². The molecular formula is C10H8BrN5. The fourth-order valence-corrected chi connectivity index (χ4v) is 2.05. The summed E-state index contributed by atoms with van der Waals surface area (Å²) in [6.45, 7) is 0.669. The molecule has 3 heterocycles. The van der Waals surface area contributed by atoms with Crippen LogP contribution in [0.15, 0.2) is 35.2 Å². The average Bonchev–Trinajstić information content (AvgIpc) is 2.88. The lowest BCUT2D eigenvalue weighted by Gasteiger charge is -1.95. The standard InChI is InChI=1S/C10H8BrN5/c11-9-1-2-12-10-8(9)5-7(14-10)6-16-4-3-13-15-16/h1-5H,6H2,(H,12,14). The molecule has 3 rings (SSSR count). The molecule has 3 aromatic rings. The van der Waals surface area contributed by atoms with Gasteiger partial charge in [0.25, 0.3) is 0 Å². The summed E-state index contributed by atoms with van der Waals surface area (Å²) in [6.07, 6.45) is 5.26. The zero-order valence-electron chi connectivity index (χ0n) is 8.26. The Balaban J connectivity index is 2.02. The van der Waals surface area contributed by atoms with Gasteiger partial charge in [0, 0.05) is 27.9 Å². The maximum absolute atomic E-state index is 4.26. The maximum atomic E-state index is 4.26. The number of aromatic nitrogens is 5. The molecule has 0 saturated carbocycles. The third-order valence-corrected chi connectivity index (χ3v) is 3.03. The molecule has 80 valence electrons. The van der Waals surface area contributed by atoms with Crippen LogP contribution in [-0.2, 0) is 6.54 Å². The summed E-state index contributed by atoms with van der Waals surface area (Å²) in [5, 5.41) is 8.76. The molecule has 0 aliphatic carbocycles. The van der Waals surface area contributed by atoms with Gasteiger partial charge in [-0.25, -0.2) is 9.67 Å². The van der Waals surface area contributed by atoms with Crippen LogP contribution in [0.5, 0.6) is 0 Å². The van der Waals surface area contributed by atoms with E-state index in [1.807, 2.05) is 12.3 Å².